The number of hydrogen-bond acceptors (Lipinski definition) is 5. The SMILES string of the molecule is CCOC(=O)[C@@H]1CCC(=O)C([C@H](C[N+](=O)[O-])c2ccccc2)=C1C. The lowest BCUT2D eigenvalue weighted by Crippen LogP contribution is -2.30. The van der Waals surface area contributed by atoms with Crippen molar-refractivity contribution in [3.63, 3.8) is 0 Å². The van der Waals surface area contributed by atoms with Gasteiger partial charge in [-0.3, -0.25) is 19.7 Å². The molecule has 0 unspecified atom stereocenters. The molecular formula is C18H21NO5. The number of Topliss-reactive ketones (excluding diaryl/α,β-unsaturated/α-hetero) is 1. The molecule has 1 aromatic carbocycles. The third-order valence-corrected chi connectivity index (χ3v) is 4.36. The molecule has 6 nitrogen and oxygen atoms in total. The molecule has 0 radical (unpaired) electrons. The Bertz CT molecular complexity index is 665. The fourth-order valence-corrected chi connectivity index (χ4v) is 3.24. The number of nitro groups is 1. The molecule has 0 saturated carbocycles. The Morgan fingerprint density at radius 1 is 1.38 bits per heavy atom. The largest absolute Gasteiger partial charge is 0.466 e. The van der Waals surface area contributed by atoms with Gasteiger partial charge in [-0.2, -0.15) is 0 Å². The maximum Gasteiger partial charge on any atom is 0.313 e. The zero-order valence-corrected chi connectivity index (χ0v) is 13.9. The van der Waals surface area contributed by atoms with Gasteiger partial charge < -0.3 is 4.74 Å². The zero-order chi connectivity index (χ0) is 17.7. The average molecular weight is 331 g/mol. The molecule has 2 atom stereocenters. The molecule has 0 heterocycles. The highest BCUT2D eigenvalue weighted by Crippen LogP contribution is 2.37. The fourth-order valence-electron chi connectivity index (χ4n) is 3.24. The average Bonchev–Trinajstić information content (AvgIpc) is 2.54. The maximum atomic E-state index is 12.5. The lowest BCUT2D eigenvalue weighted by molar-refractivity contribution is -0.481. The molecular weight excluding hydrogens is 310 g/mol. The first-order chi connectivity index (χ1) is 11.5. The van der Waals surface area contributed by atoms with Crippen molar-refractivity contribution < 1.29 is 19.2 Å². The van der Waals surface area contributed by atoms with Crippen molar-refractivity contribution in [2.45, 2.75) is 32.6 Å². The van der Waals surface area contributed by atoms with Crippen LogP contribution in [0.25, 0.3) is 0 Å². The van der Waals surface area contributed by atoms with Crippen molar-refractivity contribution in [1.82, 2.24) is 0 Å². The van der Waals surface area contributed by atoms with E-state index in [-0.39, 0.29) is 31.3 Å². The molecule has 128 valence electrons. The normalized spacial score (nSPS) is 19.1. The Kier molecular flexibility index (Phi) is 5.84. The van der Waals surface area contributed by atoms with Crippen molar-refractivity contribution in [1.29, 1.82) is 0 Å². The minimum atomic E-state index is -0.647. The van der Waals surface area contributed by atoms with Crippen LogP contribution >= 0.6 is 0 Å². The van der Waals surface area contributed by atoms with E-state index in [4.69, 9.17) is 4.74 Å². The molecule has 24 heavy (non-hydrogen) atoms. The van der Waals surface area contributed by atoms with E-state index in [2.05, 4.69) is 0 Å². The second kappa shape index (κ2) is 7.86. The number of nitrogens with zero attached hydrogens (tertiary/aromatic N) is 1. The van der Waals surface area contributed by atoms with Gasteiger partial charge in [-0.05, 0) is 25.8 Å². The molecule has 0 spiro atoms. The molecule has 0 fully saturated rings. The Balaban J connectivity index is 2.48. The number of hydrogen-bond donors (Lipinski definition) is 0. The van der Waals surface area contributed by atoms with Crippen LogP contribution in [0.4, 0.5) is 0 Å². The molecule has 6 heteroatoms. The van der Waals surface area contributed by atoms with Crippen molar-refractivity contribution in [2.24, 2.45) is 5.92 Å². The summed E-state index contributed by atoms with van der Waals surface area (Å²) in [4.78, 5) is 35.4. The summed E-state index contributed by atoms with van der Waals surface area (Å²) < 4.78 is 5.08. The summed E-state index contributed by atoms with van der Waals surface area (Å²) in [6.45, 7) is 3.33. The van der Waals surface area contributed by atoms with Gasteiger partial charge in [0.1, 0.15) is 0 Å². The molecule has 0 saturated heterocycles. The van der Waals surface area contributed by atoms with Gasteiger partial charge in [0.05, 0.1) is 18.4 Å². The van der Waals surface area contributed by atoms with E-state index in [1.165, 1.54) is 0 Å². The Morgan fingerprint density at radius 2 is 2.04 bits per heavy atom. The summed E-state index contributed by atoms with van der Waals surface area (Å²) in [5.74, 6) is -1.64. The summed E-state index contributed by atoms with van der Waals surface area (Å²) >= 11 is 0. The zero-order valence-electron chi connectivity index (χ0n) is 13.9. The summed E-state index contributed by atoms with van der Waals surface area (Å²) in [5, 5.41) is 11.1. The van der Waals surface area contributed by atoms with Crippen LogP contribution in [0, 0.1) is 16.0 Å². The van der Waals surface area contributed by atoms with Gasteiger partial charge in [-0.1, -0.05) is 35.9 Å². The summed E-state index contributed by atoms with van der Waals surface area (Å²) in [7, 11) is 0. The van der Waals surface area contributed by atoms with Gasteiger partial charge >= 0.3 is 5.97 Å². The Labute approximate surface area is 140 Å². The maximum absolute atomic E-state index is 12.5. The molecule has 1 aliphatic carbocycles. The van der Waals surface area contributed by atoms with Gasteiger partial charge in [-0.25, -0.2) is 0 Å². The summed E-state index contributed by atoms with van der Waals surface area (Å²) in [6.07, 6.45) is 0.601. The predicted molar refractivity (Wildman–Crippen MR) is 88.1 cm³/mol. The third-order valence-electron chi connectivity index (χ3n) is 4.36. The van der Waals surface area contributed by atoms with Crippen LogP contribution < -0.4 is 0 Å². The van der Waals surface area contributed by atoms with E-state index >= 15 is 0 Å². The van der Waals surface area contributed by atoms with Crippen LogP contribution in [0.1, 0.15) is 38.2 Å². The fraction of sp³-hybridized carbons (Fsp3) is 0.444. The van der Waals surface area contributed by atoms with E-state index in [0.29, 0.717) is 23.1 Å². The summed E-state index contributed by atoms with van der Waals surface area (Å²) in [6, 6.07) is 8.94. The quantitative estimate of drug-likeness (QED) is 0.454. The van der Waals surface area contributed by atoms with Gasteiger partial charge in [0.25, 0.3) is 0 Å². The lowest BCUT2D eigenvalue weighted by Gasteiger charge is -2.28. The van der Waals surface area contributed by atoms with Crippen molar-refractivity contribution in [2.75, 3.05) is 13.2 Å². The number of ether oxygens (including phenoxy) is 1. The Morgan fingerprint density at radius 3 is 2.62 bits per heavy atom. The minimum absolute atomic E-state index is 0.122. The van der Waals surface area contributed by atoms with E-state index in [0.717, 1.165) is 0 Å². The molecule has 0 bridgehead atoms. The molecule has 1 aromatic rings. The number of rotatable bonds is 6. The number of carbonyl (C=O) groups is 2. The summed E-state index contributed by atoms with van der Waals surface area (Å²) in [5.41, 5.74) is 1.70. The van der Waals surface area contributed by atoms with Crippen LogP contribution in [0.2, 0.25) is 0 Å². The lowest BCUT2D eigenvalue weighted by atomic mass is 9.75. The van der Waals surface area contributed by atoms with E-state index < -0.39 is 16.8 Å². The van der Waals surface area contributed by atoms with Crippen molar-refractivity contribution in [3.05, 3.63) is 57.2 Å². The standard InChI is InChI=1S/C18H21NO5/c1-3-24-18(21)14-9-10-16(20)17(12(14)2)15(11-19(22)23)13-7-5-4-6-8-13/h4-8,14-15H,3,9-11H2,1-2H3/t14-,15-/m1/s1. The monoisotopic (exact) mass is 331 g/mol. The van der Waals surface area contributed by atoms with Gasteiger partial charge in [0.15, 0.2) is 5.78 Å². The van der Waals surface area contributed by atoms with E-state index in [9.17, 15) is 19.7 Å². The van der Waals surface area contributed by atoms with E-state index in [1.54, 1.807) is 38.1 Å². The van der Waals surface area contributed by atoms with Gasteiger partial charge in [0, 0.05) is 16.9 Å². The second-order valence-corrected chi connectivity index (χ2v) is 5.84. The molecule has 0 N–H and O–H groups in total. The third kappa shape index (κ3) is 3.88. The number of benzene rings is 1. The van der Waals surface area contributed by atoms with Crippen LogP contribution in [0.5, 0.6) is 0 Å². The number of ketones is 1. The van der Waals surface area contributed by atoms with E-state index in [1.807, 2.05) is 6.07 Å². The topological polar surface area (TPSA) is 86.5 Å². The number of esters is 1. The first-order valence-corrected chi connectivity index (χ1v) is 8.02. The van der Waals surface area contributed by atoms with Crippen LogP contribution in [-0.4, -0.2) is 29.8 Å². The molecule has 0 aromatic heterocycles. The predicted octanol–water partition coefficient (Wildman–Crippen LogP) is 2.91. The highest BCUT2D eigenvalue weighted by Gasteiger charge is 2.37. The Hall–Kier alpha value is -2.50. The van der Waals surface area contributed by atoms with Crippen LogP contribution in [0.3, 0.4) is 0 Å². The first kappa shape index (κ1) is 17.8. The molecule has 2 rings (SSSR count). The van der Waals surface area contributed by atoms with Crippen molar-refractivity contribution in [3.8, 4) is 0 Å². The van der Waals surface area contributed by atoms with Gasteiger partial charge in [-0.15, -0.1) is 0 Å². The van der Waals surface area contributed by atoms with Crippen LogP contribution in [-0.2, 0) is 14.3 Å². The molecule has 0 amide bonds. The number of carbonyl (C=O) groups excluding carboxylic acids is 2. The first-order valence-electron chi connectivity index (χ1n) is 8.02. The van der Waals surface area contributed by atoms with Crippen LogP contribution in [0.15, 0.2) is 41.5 Å². The molecule has 1 aliphatic rings. The molecule has 0 aliphatic heterocycles. The second-order valence-electron chi connectivity index (χ2n) is 5.84. The van der Waals surface area contributed by atoms with Crippen molar-refractivity contribution >= 4 is 11.8 Å². The smallest absolute Gasteiger partial charge is 0.313 e. The minimum Gasteiger partial charge on any atom is -0.466 e. The highest BCUT2D eigenvalue weighted by atomic mass is 16.6. The van der Waals surface area contributed by atoms with Gasteiger partial charge in [0.2, 0.25) is 6.54 Å². The highest BCUT2D eigenvalue weighted by molar-refractivity contribution is 6.00.